The second kappa shape index (κ2) is 6.81. The Balaban J connectivity index is 2.93. The van der Waals surface area contributed by atoms with Crippen molar-refractivity contribution < 1.29 is 18.3 Å². The predicted octanol–water partition coefficient (Wildman–Crippen LogP) is 1.39. The van der Waals surface area contributed by atoms with Gasteiger partial charge in [-0.3, -0.25) is 0 Å². The number of rotatable bonds is 6. The van der Waals surface area contributed by atoms with Crippen LogP contribution in [0.2, 0.25) is 0 Å². The quantitative estimate of drug-likeness (QED) is 0.840. The number of hydrogen-bond acceptors (Lipinski definition) is 4. The summed E-state index contributed by atoms with van der Waals surface area (Å²) in [5, 5.41) is 9.59. The second-order valence-electron chi connectivity index (χ2n) is 4.31. The van der Waals surface area contributed by atoms with Gasteiger partial charge in [0.1, 0.15) is 0 Å². The average Bonchev–Trinajstić information content (AvgIpc) is 2.32. The minimum Gasteiger partial charge on any atom is -0.389 e. The van der Waals surface area contributed by atoms with Gasteiger partial charge in [-0.2, -0.15) is 4.31 Å². The van der Waals surface area contributed by atoms with Crippen LogP contribution < -0.4 is 0 Å². The molecular weight excluding hydrogens is 334 g/mol. The minimum absolute atomic E-state index is 0.00865. The Kier molecular flexibility index (Phi) is 5.94. The summed E-state index contributed by atoms with van der Waals surface area (Å²) < 4.78 is 31.3. The third-order valence-electron chi connectivity index (χ3n) is 2.66. The fraction of sp³-hybridized carbons (Fsp3) is 0.500. The van der Waals surface area contributed by atoms with Crippen LogP contribution in [0.5, 0.6) is 0 Å². The molecule has 1 aromatic carbocycles. The molecule has 0 aliphatic heterocycles. The zero-order valence-electron chi connectivity index (χ0n) is 11.1. The highest BCUT2D eigenvalue weighted by molar-refractivity contribution is 9.10. The second-order valence-corrected chi connectivity index (χ2v) is 7.20. The fourth-order valence-corrected chi connectivity index (χ4v) is 3.14. The number of likely N-dealkylation sites (N-methyl/N-ethyl adjacent to an activating group) is 1. The smallest absolute Gasteiger partial charge is 0.242 e. The highest BCUT2D eigenvalue weighted by atomic mass is 79.9. The molecule has 0 saturated carbocycles. The normalized spacial score (nSPS) is 13.8. The molecule has 1 rings (SSSR count). The van der Waals surface area contributed by atoms with Gasteiger partial charge in [0.15, 0.2) is 0 Å². The summed E-state index contributed by atoms with van der Waals surface area (Å²) in [5.74, 6) is 0. The van der Waals surface area contributed by atoms with Crippen molar-refractivity contribution in [2.75, 3.05) is 27.3 Å². The van der Waals surface area contributed by atoms with E-state index in [9.17, 15) is 13.5 Å². The standard InChI is InChI=1S/C12H18BrNO4S/c1-9-6-11(4-5-12(9)13)19(16,17)14(2)7-10(15)8-18-3/h4-6,10,15H,7-8H2,1-3H3. The first-order valence-corrected chi connectivity index (χ1v) is 7.92. The Morgan fingerprint density at radius 3 is 2.63 bits per heavy atom. The lowest BCUT2D eigenvalue weighted by Crippen LogP contribution is -2.36. The molecule has 0 spiro atoms. The first-order valence-electron chi connectivity index (χ1n) is 5.68. The van der Waals surface area contributed by atoms with E-state index < -0.39 is 16.1 Å². The van der Waals surface area contributed by atoms with Gasteiger partial charge in [-0.1, -0.05) is 15.9 Å². The van der Waals surface area contributed by atoms with Gasteiger partial charge in [0.2, 0.25) is 10.0 Å². The maximum absolute atomic E-state index is 12.3. The van der Waals surface area contributed by atoms with Crippen molar-refractivity contribution in [3.05, 3.63) is 28.2 Å². The number of halogens is 1. The maximum Gasteiger partial charge on any atom is 0.242 e. The molecule has 0 aromatic heterocycles. The topological polar surface area (TPSA) is 66.8 Å². The van der Waals surface area contributed by atoms with Crippen LogP contribution in [0.3, 0.4) is 0 Å². The molecule has 0 fully saturated rings. The summed E-state index contributed by atoms with van der Waals surface area (Å²) in [6.45, 7) is 1.91. The molecule has 0 saturated heterocycles. The van der Waals surface area contributed by atoms with E-state index in [0.29, 0.717) is 0 Å². The first-order chi connectivity index (χ1) is 8.78. The molecule has 108 valence electrons. The fourth-order valence-electron chi connectivity index (χ4n) is 1.60. The molecule has 5 nitrogen and oxygen atoms in total. The van der Waals surface area contributed by atoms with Crippen LogP contribution in [0.1, 0.15) is 5.56 Å². The van der Waals surface area contributed by atoms with Crippen LogP contribution in [0, 0.1) is 6.92 Å². The third-order valence-corrected chi connectivity index (χ3v) is 5.37. The van der Waals surface area contributed by atoms with E-state index in [1.54, 1.807) is 12.1 Å². The Labute approximate surface area is 122 Å². The van der Waals surface area contributed by atoms with Gasteiger partial charge < -0.3 is 9.84 Å². The van der Waals surface area contributed by atoms with Crippen LogP contribution in [-0.4, -0.2) is 51.2 Å². The summed E-state index contributed by atoms with van der Waals surface area (Å²) in [6, 6.07) is 4.83. The molecule has 0 aliphatic carbocycles. The van der Waals surface area contributed by atoms with Crippen molar-refractivity contribution in [3.8, 4) is 0 Å². The van der Waals surface area contributed by atoms with Crippen molar-refractivity contribution >= 4 is 26.0 Å². The molecule has 0 bridgehead atoms. The van der Waals surface area contributed by atoms with Crippen molar-refractivity contribution in [1.82, 2.24) is 4.31 Å². The van der Waals surface area contributed by atoms with Gasteiger partial charge in [-0.05, 0) is 30.7 Å². The number of aliphatic hydroxyl groups is 1. The van der Waals surface area contributed by atoms with Crippen LogP contribution in [0.25, 0.3) is 0 Å². The first kappa shape index (κ1) is 16.6. The van der Waals surface area contributed by atoms with Gasteiger partial charge in [-0.15, -0.1) is 0 Å². The van der Waals surface area contributed by atoms with E-state index in [1.165, 1.54) is 20.2 Å². The van der Waals surface area contributed by atoms with Crippen molar-refractivity contribution in [2.45, 2.75) is 17.9 Å². The molecule has 0 heterocycles. The lowest BCUT2D eigenvalue weighted by Gasteiger charge is -2.20. The predicted molar refractivity (Wildman–Crippen MR) is 76.6 cm³/mol. The molecular formula is C12H18BrNO4S. The third kappa shape index (κ3) is 4.25. The zero-order valence-corrected chi connectivity index (χ0v) is 13.5. The van der Waals surface area contributed by atoms with Gasteiger partial charge in [-0.25, -0.2) is 8.42 Å². The van der Waals surface area contributed by atoms with Gasteiger partial charge in [0, 0.05) is 25.2 Å². The summed E-state index contributed by atoms with van der Waals surface area (Å²) in [4.78, 5) is 0.209. The van der Waals surface area contributed by atoms with Crippen molar-refractivity contribution in [2.24, 2.45) is 0 Å². The number of aliphatic hydroxyl groups excluding tert-OH is 1. The van der Waals surface area contributed by atoms with Gasteiger partial charge in [0.05, 0.1) is 17.6 Å². The molecule has 19 heavy (non-hydrogen) atoms. The van der Waals surface area contributed by atoms with E-state index in [0.717, 1.165) is 14.3 Å². The van der Waals surface area contributed by atoms with Gasteiger partial charge >= 0.3 is 0 Å². The summed E-state index contributed by atoms with van der Waals surface area (Å²) in [6.07, 6.45) is -0.846. The Morgan fingerprint density at radius 2 is 2.11 bits per heavy atom. The van der Waals surface area contributed by atoms with Crippen molar-refractivity contribution in [3.63, 3.8) is 0 Å². The minimum atomic E-state index is -3.59. The largest absolute Gasteiger partial charge is 0.389 e. The lowest BCUT2D eigenvalue weighted by atomic mass is 10.2. The number of aryl methyl sites for hydroxylation is 1. The average molecular weight is 352 g/mol. The SMILES string of the molecule is COCC(O)CN(C)S(=O)(=O)c1ccc(Br)c(C)c1. The lowest BCUT2D eigenvalue weighted by molar-refractivity contribution is 0.0554. The van der Waals surface area contributed by atoms with E-state index in [4.69, 9.17) is 4.74 Å². The number of benzene rings is 1. The number of nitrogens with zero attached hydrogens (tertiary/aromatic N) is 1. The molecule has 0 radical (unpaired) electrons. The molecule has 1 atom stereocenters. The highest BCUT2D eigenvalue weighted by Gasteiger charge is 2.23. The molecule has 0 aliphatic rings. The summed E-state index contributed by atoms with van der Waals surface area (Å²) >= 11 is 3.33. The highest BCUT2D eigenvalue weighted by Crippen LogP contribution is 2.22. The maximum atomic E-state index is 12.3. The van der Waals surface area contributed by atoms with E-state index >= 15 is 0 Å². The van der Waals surface area contributed by atoms with Crippen LogP contribution >= 0.6 is 15.9 Å². The Bertz CT molecular complexity index is 533. The number of sulfonamides is 1. The molecule has 0 amide bonds. The number of methoxy groups -OCH3 is 1. The number of hydrogen-bond donors (Lipinski definition) is 1. The monoisotopic (exact) mass is 351 g/mol. The van der Waals surface area contributed by atoms with E-state index in [-0.39, 0.29) is 18.0 Å². The van der Waals surface area contributed by atoms with Crippen LogP contribution in [-0.2, 0) is 14.8 Å². The zero-order chi connectivity index (χ0) is 14.6. The number of ether oxygens (including phenoxy) is 1. The van der Waals surface area contributed by atoms with Gasteiger partial charge in [0.25, 0.3) is 0 Å². The van der Waals surface area contributed by atoms with E-state index in [2.05, 4.69) is 15.9 Å². The van der Waals surface area contributed by atoms with E-state index in [1.807, 2.05) is 6.92 Å². The molecule has 1 aromatic rings. The van der Waals surface area contributed by atoms with Crippen molar-refractivity contribution in [1.29, 1.82) is 0 Å². The Morgan fingerprint density at radius 1 is 1.47 bits per heavy atom. The molecule has 7 heteroatoms. The molecule has 1 unspecified atom stereocenters. The Hall–Kier alpha value is -0.470. The van der Waals surface area contributed by atoms with Crippen LogP contribution in [0.4, 0.5) is 0 Å². The molecule has 1 N–H and O–H groups in total. The summed E-state index contributed by atoms with van der Waals surface area (Å²) in [7, 11) is -0.704. The summed E-state index contributed by atoms with van der Waals surface area (Å²) in [5.41, 5.74) is 0.840. The van der Waals surface area contributed by atoms with Crippen LogP contribution in [0.15, 0.2) is 27.6 Å².